The van der Waals surface area contributed by atoms with Gasteiger partial charge in [0.2, 0.25) is 5.91 Å². The molecule has 180 valence electrons. The van der Waals surface area contributed by atoms with Crippen LogP contribution >= 0.6 is 35.6 Å². The topological polar surface area (TPSA) is 62.6 Å². The molecule has 1 aliphatic rings. The van der Waals surface area contributed by atoms with E-state index in [-0.39, 0.29) is 17.4 Å². The standard InChI is InChI=1S/C24H16ClF3N2O3S2/c25-17-7-3-15(4-8-17)19-10-9-18(33-19)11-20-22(32)30(23(34)35-20)13-21(31)29-12-14-1-5-16(6-2-14)24(26,27)28/h1-11H,12-13H2,(H,29,31)/b20-11-. The van der Waals surface area contributed by atoms with E-state index in [1.165, 1.54) is 12.1 Å². The first-order valence-electron chi connectivity index (χ1n) is 10.1. The fourth-order valence-corrected chi connectivity index (χ4v) is 4.54. The van der Waals surface area contributed by atoms with Crippen molar-refractivity contribution in [2.75, 3.05) is 6.54 Å². The number of hydrogen-bond donors (Lipinski definition) is 1. The zero-order chi connectivity index (χ0) is 25.2. The van der Waals surface area contributed by atoms with Gasteiger partial charge >= 0.3 is 6.18 Å². The van der Waals surface area contributed by atoms with Gasteiger partial charge in [0.15, 0.2) is 0 Å². The Labute approximate surface area is 212 Å². The number of carbonyl (C=O) groups excluding carboxylic acids is 2. The minimum atomic E-state index is -4.43. The number of thiocarbonyl (C=S) groups is 1. The number of nitrogens with one attached hydrogen (secondary N) is 1. The van der Waals surface area contributed by atoms with Crippen LogP contribution in [-0.4, -0.2) is 27.6 Å². The molecule has 1 saturated heterocycles. The number of carbonyl (C=O) groups is 2. The zero-order valence-electron chi connectivity index (χ0n) is 17.8. The Hall–Kier alpha value is -3.08. The summed E-state index contributed by atoms with van der Waals surface area (Å²) in [7, 11) is 0. The number of nitrogens with zero attached hydrogens (tertiary/aromatic N) is 1. The summed E-state index contributed by atoms with van der Waals surface area (Å²) in [4.78, 5) is 26.6. The Bertz CT molecular complexity index is 1300. The lowest BCUT2D eigenvalue weighted by molar-refractivity contribution is -0.137. The van der Waals surface area contributed by atoms with Crippen LogP contribution in [0, 0.1) is 0 Å². The summed E-state index contributed by atoms with van der Waals surface area (Å²) < 4.78 is 44.0. The summed E-state index contributed by atoms with van der Waals surface area (Å²) in [5.74, 6) is 0.118. The molecular weight excluding hydrogens is 521 g/mol. The maximum absolute atomic E-state index is 12.8. The second kappa shape index (κ2) is 10.3. The molecule has 0 bridgehead atoms. The van der Waals surface area contributed by atoms with Crippen molar-refractivity contribution in [1.82, 2.24) is 10.2 Å². The van der Waals surface area contributed by atoms with E-state index in [2.05, 4.69) is 5.32 Å². The SMILES string of the molecule is O=C(CN1C(=O)/C(=C/c2ccc(-c3ccc(Cl)cc3)o2)SC1=S)NCc1ccc(C(F)(F)F)cc1. The molecule has 0 aliphatic carbocycles. The number of amides is 2. The number of benzene rings is 2. The van der Waals surface area contributed by atoms with Gasteiger partial charge < -0.3 is 9.73 Å². The van der Waals surface area contributed by atoms with Gasteiger partial charge in [-0.1, -0.05) is 47.7 Å². The molecule has 2 amide bonds. The van der Waals surface area contributed by atoms with Crippen LogP contribution < -0.4 is 5.32 Å². The molecule has 35 heavy (non-hydrogen) atoms. The number of hydrogen-bond acceptors (Lipinski definition) is 5. The maximum Gasteiger partial charge on any atom is 0.416 e. The molecule has 0 unspecified atom stereocenters. The molecule has 1 fully saturated rings. The molecule has 0 saturated carbocycles. The molecule has 1 aliphatic heterocycles. The van der Waals surface area contributed by atoms with Crippen LogP contribution in [-0.2, 0) is 22.3 Å². The smallest absolute Gasteiger partial charge is 0.416 e. The van der Waals surface area contributed by atoms with Crippen LogP contribution in [0.15, 0.2) is 70.0 Å². The second-order valence-electron chi connectivity index (χ2n) is 7.45. The van der Waals surface area contributed by atoms with E-state index in [0.717, 1.165) is 34.4 Å². The third-order valence-corrected chi connectivity index (χ3v) is 6.60. The van der Waals surface area contributed by atoms with Gasteiger partial charge in [0.05, 0.1) is 10.5 Å². The Balaban J connectivity index is 1.36. The van der Waals surface area contributed by atoms with Gasteiger partial charge in [0.25, 0.3) is 5.91 Å². The van der Waals surface area contributed by atoms with Crippen molar-refractivity contribution in [3.05, 3.63) is 87.5 Å². The Morgan fingerprint density at radius 3 is 2.43 bits per heavy atom. The summed E-state index contributed by atoms with van der Waals surface area (Å²) in [6, 6.07) is 15.1. The van der Waals surface area contributed by atoms with Gasteiger partial charge in [0.1, 0.15) is 22.4 Å². The second-order valence-corrected chi connectivity index (χ2v) is 9.56. The average molecular weight is 537 g/mol. The predicted octanol–water partition coefficient (Wildman–Crippen LogP) is 6.14. The number of halogens is 4. The summed E-state index contributed by atoms with van der Waals surface area (Å²) in [6.45, 7) is -0.293. The fourth-order valence-electron chi connectivity index (χ4n) is 3.18. The summed E-state index contributed by atoms with van der Waals surface area (Å²) >= 11 is 12.2. The average Bonchev–Trinajstić information content (AvgIpc) is 3.38. The molecule has 0 spiro atoms. The van der Waals surface area contributed by atoms with Crippen LogP contribution in [0.4, 0.5) is 13.2 Å². The zero-order valence-corrected chi connectivity index (χ0v) is 20.2. The van der Waals surface area contributed by atoms with Gasteiger partial charge in [0, 0.05) is 23.2 Å². The van der Waals surface area contributed by atoms with E-state index in [4.69, 9.17) is 28.2 Å². The third kappa shape index (κ3) is 6.14. The van der Waals surface area contributed by atoms with E-state index in [0.29, 0.717) is 27.0 Å². The quantitative estimate of drug-likeness (QED) is 0.303. The van der Waals surface area contributed by atoms with Crippen molar-refractivity contribution < 1.29 is 27.2 Å². The van der Waals surface area contributed by atoms with Crippen molar-refractivity contribution >= 4 is 57.8 Å². The van der Waals surface area contributed by atoms with Crippen LogP contribution in [0.1, 0.15) is 16.9 Å². The number of furan rings is 1. The predicted molar refractivity (Wildman–Crippen MR) is 132 cm³/mol. The van der Waals surface area contributed by atoms with Crippen molar-refractivity contribution in [3.63, 3.8) is 0 Å². The highest BCUT2D eigenvalue weighted by molar-refractivity contribution is 8.26. The van der Waals surface area contributed by atoms with Crippen LogP contribution in [0.5, 0.6) is 0 Å². The van der Waals surface area contributed by atoms with Crippen molar-refractivity contribution in [2.45, 2.75) is 12.7 Å². The van der Waals surface area contributed by atoms with Crippen molar-refractivity contribution in [3.8, 4) is 11.3 Å². The Morgan fingerprint density at radius 1 is 1.09 bits per heavy atom. The highest BCUT2D eigenvalue weighted by Crippen LogP contribution is 2.34. The van der Waals surface area contributed by atoms with E-state index in [1.807, 2.05) is 12.1 Å². The number of thioether (sulfide) groups is 1. The molecule has 4 rings (SSSR count). The monoisotopic (exact) mass is 536 g/mol. The summed E-state index contributed by atoms with van der Waals surface area (Å²) in [6.07, 6.45) is -2.87. The molecule has 0 atom stereocenters. The first kappa shape index (κ1) is 25.0. The minimum Gasteiger partial charge on any atom is -0.457 e. The van der Waals surface area contributed by atoms with Crippen molar-refractivity contribution in [2.24, 2.45) is 0 Å². The van der Waals surface area contributed by atoms with Crippen LogP contribution in [0.2, 0.25) is 5.02 Å². The van der Waals surface area contributed by atoms with E-state index in [9.17, 15) is 22.8 Å². The first-order chi connectivity index (χ1) is 16.6. The number of rotatable bonds is 6. The highest BCUT2D eigenvalue weighted by Gasteiger charge is 2.34. The molecule has 1 N–H and O–H groups in total. The van der Waals surface area contributed by atoms with Gasteiger partial charge in [-0.05, 0) is 54.1 Å². The molecular formula is C24H16ClF3N2O3S2. The van der Waals surface area contributed by atoms with E-state index >= 15 is 0 Å². The summed E-state index contributed by atoms with van der Waals surface area (Å²) in [5.41, 5.74) is 0.547. The van der Waals surface area contributed by atoms with Gasteiger partial charge in [-0.25, -0.2) is 0 Å². The normalized spacial score (nSPS) is 15.2. The molecule has 0 radical (unpaired) electrons. The van der Waals surface area contributed by atoms with Crippen LogP contribution in [0.25, 0.3) is 17.4 Å². The molecule has 2 heterocycles. The van der Waals surface area contributed by atoms with E-state index in [1.54, 1.807) is 30.3 Å². The van der Waals surface area contributed by atoms with Gasteiger partial charge in [-0.2, -0.15) is 13.2 Å². The van der Waals surface area contributed by atoms with Crippen molar-refractivity contribution in [1.29, 1.82) is 0 Å². The Morgan fingerprint density at radius 2 is 1.77 bits per heavy atom. The molecule has 2 aromatic carbocycles. The maximum atomic E-state index is 12.8. The molecule has 5 nitrogen and oxygen atoms in total. The summed E-state index contributed by atoms with van der Waals surface area (Å²) in [5, 5.41) is 3.19. The Kier molecular flexibility index (Phi) is 7.34. The molecule has 1 aromatic heterocycles. The first-order valence-corrected chi connectivity index (χ1v) is 11.7. The number of alkyl halides is 3. The lowest BCUT2D eigenvalue weighted by Crippen LogP contribution is -2.39. The minimum absolute atomic E-state index is 0.0153. The third-order valence-electron chi connectivity index (χ3n) is 4.98. The fraction of sp³-hybridized carbons (Fsp3) is 0.125. The largest absolute Gasteiger partial charge is 0.457 e. The van der Waals surface area contributed by atoms with E-state index < -0.39 is 23.6 Å². The molecule has 3 aromatic rings. The molecule has 11 heteroatoms. The van der Waals surface area contributed by atoms with Gasteiger partial charge in [-0.3, -0.25) is 14.5 Å². The van der Waals surface area contributed by atoms with Crippen LogP contribution in [0.3, 0.4) is 0 Å². The lowest BCUT2D eigenvalue weighted by Gasteiger charge is -2.14. The lowest BCUT2D eigenvalue weighted by atomic mass is 10.1. The van der Waals surface area contributed by atoms with Gasteiger partial charge in [-0.15, -0.1) is 0 Å². The highest BCUT2D eigenvalue weighted by atomic mass is 35.5.